The first kappa shape index (κ1) is 11.8. The van der Waals surface area contributed by atoms with E-state index in [4.69, 9.17) is 0 Å². The number of hydrogen-bond acceptors (Lipinski definition) is 2. The standard InChI is InChI=1S/C15H18N2/c1-3-17(2)15(13-7-5-4-6-8-13)14-9-11-16-12-10-14/h4-12,15H,3H2,1-2H3. The molecule has 1 aromatic heterocycles. The number of hydrogen-bond donors (Lipinski definition) is 0. The van der Waals surface area contributed by atoms with Crippen LogP contribution < -0.4 is 0 Å². The van der Waals surface area contributed by atoms with E-state index in [2.05, 4.69) is 66.3 Å². The largest absolute Gasteiger partial charge is 0.296 e. The molecule has 0 radical (unpaired) electrons. The van der Waals surface area contributed by atoms with Gasteiger partial charge in [-0.25, -0.2) is 0 Å². The second kappa shape index (κ2) is 5.60. The van der Waals surface area contributed by atoms with Crippen molar-refractivity contribution in [3.05, 3.63) is 66.0 Å². The van der Waals surface area contributed by atoms with Crippen LogP contribution >= 0.6 is 0 Å². The van der Waals surface area contributed by atoms with Crippen molar-refractivity contribution in [2.45, 2.75) is 13.0 Å². The van der Waals surface area contributed by atoms with Crippen LogP contribution in [0.25, 0.3) is 0 Å². The first-order chi connectivity index (χ1) is 8.33. The van der Waals surface area contributed by atoms with Crippen LogP contribution in [0.2, 0.25) is 0 Å². The molecule has 2 rings (SSSR count). The molecular weight excluding hydrogens is 208 g/mol. The Labute approximate surface area is 103 Å². The molecule has 1 aromatic carbocycles. The quantitative estimate of drug-likeness (QED) is 0.796. The van der Waals surface area contributed by atoms with E-state index in [-0.39, 0.29) is 0 Å². The number of rotatable bonds is 4. The molecule has 17 heavy (non-hydrogen) atoms. The van der Waals surface area contributed by atoms with E-state index in [0.29, 0.717) is 6.04 Å². The molecule has 1 unspecified atom stereocenters. The van der Waals surface area contributed by atoms with Crippen LogP contribution in [0, 0.1) is 0 Å². The van der Waals surface area contributed by atoms with Crippen molar-refractivity contribution < 1.29 is 0 Å². The second-order valence-electron chi connectivity index (χ2n) is 4.17. The predicted molar refractivity (Wildman–Crippen MR) is 70.8 cm³/mol. The maximum Gasteiger partial charge on any atom is 0.0600 e. The Bertz CT molecular complexity index is 399. The lowest BCUT2D eigenvalue weighted by atomic mass is 9.98. The van der Waals surface area contributed by atoms with Crippen molar-refractivity contribution in [2.24, 2.45) is 0 Å². The molecule has 0 fully saturated rings. The minimum atomic E-state index is 0.309. The van der Waals surface area contributed by atoms with Gasteiger partial charge < -0.3 is 0 Å². The van der Waals surface area contributed by atoms with Crippen LogP contribution in [0.4, 0.5) is 0 Å². The third kappa shape index (κ3) is 2.71. The van der Waals surface area contributed by atoms with Gasteiger partial charge in [0.25, 0.3) is 0 Å². The van der Waals surface area contributed by atoms with Crippen LogP contribution in [-0.2, 0) is 0 Å². The third-order valence-electron chi connectivity index (χ3n) is 3.08. The monoisotopic (exact) mass is 226 g/mol. The molecule has 0 spiro atoms. The second-order valence-corrected chi connectivity index (χ2v) is 4.17. The van der Waals surface area contributed by atoms with Crippen molar-refractivity contribution in [1.29, 1.82) is 0 Å². The summed E-state index contributed by atoms with van der Waals surface area (Å²) >= 11 is 0. The summed E-state index contributed by atoms with van der Waals surface area (Å²) in [6.07, 6.45) is 3.71. The lowest BCUT2D eigenvalue weighted by molar-refractivity contribution is 0.294. The predicted octanol–water partition coefficient (Wildman–Crippen LogP) is 3.12. The van der Waals surface area contributed by atoms with Gasteiger partial charge in [0.1, 0.15) is 0 Å². The van der Waals surface area contributed by atoms with Gasteiger partial charge in [-0.1, -0.05) is 37.3 Å². The molecule has 0 aliphatic rings. The average Bonchev–Trinajstić information content (AvgIpc) is 2.41. The highest BCUT2D eigenvalue weighted by Crippen LogP contribution is 2.26. The molecule has 0 saturated carbocycles. The van der Waals surface area contributed by atoms with Gasteiger partial charge in [-0.15, -0.1) is 0 Å². The Balaban J connectivity index is 2.39. The van der Waals surface area contributed by atoms with Crippen molar-refractivity contribution in [1.82, 2.24) is 9.88 Å². The molecule has 0 saturated heterocycles. The van der Waals surface area contributed by atoms with E-state index in [9.17, 15) is 0 Å². The zero-order chi connectivity index (χ0) is 12.1. The van der Waals surface area contributed by atoms with E-state index in [0.717, 1.165) is 6.54 Å². The minimum Gasteiger partial charge on any atom is -0.296 e. The fourth-order valence-corrected chi connectivity index (χ4v) is 2.07. The first-order valence-corrected chi connectivity index (χ1v) is 5.98. The molecule has 2 aromatic rings. The van der Waals surface area contributed by atoms with Crippen LogP contribution in [0.15, 0.2) is 54.9 Å². The Morgan fingerprint density at radius 2 is 1.59 bits per heavy atom. The Morgan fingerprint density at radius 3 is 2.18 bits per heavy atom. The summed E-state index contributed by atoms with van der Waals surface area (Å²) in [5.74, 6) is 0. The summed E-state index contributed by atoms with van der Waals surface area (Å²) in [5.41, 5.74) is 2.61. The molecule has 1 atom stereocenters. The van der Waals surface area contributed by atoms with Gasteiger partial charge in [0.2, 0.25) is 0 Å². The van der Waals surface area contributed by atoms with E-state index in [1.54, 1.807) is 0 Å². The minimum absolute atomic E-state index is 0.309. The normalized spacial score (nSPS) is 12.6. The van der Waals surface area contributed by atoms with Crippen LogP contribution in [0.3, 0.4) is 0 Å². The smallest absolute Gasteiger partial charge is 0.0600 e. The van der Waals surface area contributed by atoms with Gasteiger partial charge in [0.15, 0.2) is 0 Å². The van der Waals surface area contributed by atoms with Gasteiger partial charge in [0.05, 0.1) is 6.04 Å². The molecule has 2 heteroatoms. The topological polar surface area (TPSA) is 16.1 Å². The van der Waals surface area contributed by atoms with Gasteiger partial charge in [0, 0.05) is 12.4 Å². The van der Waals surface area contributed by atoms with E-state index < -0.39 is 0 Å². The van der Waals surface area contributed by atoms with Crippen molar-refractivity contribution in [3.8, 4) is 0 Å². The zero-order valence-electron chi connectivity index (χ0n) is 10.4. The first-order valence-electron chi connectivity index (χ1n) is 5.98. The summed E-state index contributed by atoms with van der Waals surface area (Å²) in [5, 5.41) is 0. The van der Waals surface area contributed by atoms with Crippen LogP contribution in [-0.4, -0.2) is 23.5 Å². The average molecular weight is 226 g/mol. The van der Waals surface area contributed by atoms with Gasteiger partial charge in [-0.2, -0.15) is 0 Å². The Kier molecular flexibility index (Phi) is 3.89. The number of pyridine rings is 1. The van der Waals surface area contributed by atoms with E-state index in [1.165, 1.54) is 11.1 Å². The van der Waals surface area contributed by atoms with Crippen molar-refractivity contribution >= 4 is 0 Å². The molecule has 2 nitrogen and oxygen atoms in total. The summed E-state index contributed by atoms with van der Waals surface area (Å²) in [6, 6.07) is 15.1. The summed E-state index contributed by atoms with van der Waals surface area (Å²) < 4.78 is 0. The summed E-state index contributed by atoms with van der Waals surface area (Å²) in [6.45, 7) is 3.19. The fourth-order valence-electron chi connectivity index (χ4n) is 2.07. The summed E-state index contributed by atoms with van der Waals surface area (Å²) in [7, 11) is 2.15. The molecule has 1 heterocycles. The van der Waals surface area contributed by atoms with E-state index in [1.807, 2.05) is 12.4 Å². The lowest BCUT2D eigenvalue weighted by Gasteiger charge is -2.27. The Hall–Kier alpha value is -1.67. The van der Waals surface area contributed by atoms with Gasteiger partial charge in [-0.05, 0) is 36.9 Å². The third-order valence-corrected chi connectivity index (χ3v) is 3.08. The maximum absolute atomic E-state index is 4.09. The molecule has 0 aliphatic carbocycles. The molecular formula is C15H18N2. The number of aromatic nitrogens is 1. The Morgan fingerprint density at radius 1 is 1.00 bits per heavy atom. The highest BCUT2D eigenvalue weighted by atomic mass is 15.1. The molecule has 0 bridgehead atoms. The highest BCUT2D eigenvalue weighted by Gasteiger charge is 2.17. The highest BCUT2D eigenvalue weighted by molar-refractivity contribution is 5.30. The van der Waals surface area contributed by atoms with E-state index >= 15 is 0 Å². The lowest BCUT2D eigenvalue weighted by Crippen LogP contribution is -2.25. The fraction of sp³-hybridized carbons (Fsp3) is 0.267. The zero-order valence-corrected chi connectivity index (χ0v) is 10.4. The van der Waals surface area contributed by atoms with Gasteiger partial charge in [-0.3, -0.25) is 9.88 Å². The van der Waals surface area contributed by atoms with Gasteiger partial charge >= 0.3 is 0 Å². The molecule has 0 amide bonds. The maximum atomic E-state index is 4.09. The molecule has 0 aliphatic heterocycles. The van der Waals surface area contributed by atoms with Crippen LogP contribution in [0.5, 0.6) is 0 Å². The molecule has 88 valence electrons. The summed E-state index contributed by atoms with van der Waals surface area (Å²) in [4.78, 5) is 6.43. The number of nitrogens with zero attached hydrogens (tertiary/aromatic N) is 2. The SMILES string of the molecule is CCN(C)C(c1ccccc1)c1ccncc1. The van der Waals surface area contributed by atoms with Crippen molar-refractivity contribution in [2.75, 3.05) is 13.6 Å². The molecule has 0 N–H and O–H groups in total. The van der Waals surface area contributed by atoms with Crippen molar-refractivity contribution in [3.63, 3.8) is 0 Å². The number of benzene rings is 1. The van der Waals surface area contributed by atoms with Crippen LogP contribution in [0.1, 0.15) is 24.1 Å².